The van der Waals surface area contributed by atoms with Crippen molar-refractivity contribution < 1.29 is 19.1 Å². The summed E-state index contributed by atoms with van der Waals surface area (Å²) in [4.78, 5) is 23.5. The molecule has 132 valence electrons. The molecule has 0 aliphatic heterocycles. The Hall–Kier alpha value is -2.07. The molecular weight excluding hydrogens is 335 g/mol. The highest BCUT2D eigenvalue weighted by Gasteiger charge is 2.17. The number of hydrogen-bond acceptors (Lipinski definition) is 5. The number of fused-ring (bicyclic) bond motifs is 1. The number of hydrogen-bond donors (Lipinski definition) is 2. The Morgan fingerprint density at radius 2 is 1.88 bits per heavy atom. The van der Waals surface area contributed by atoms with Gasteiger partial charge in [-0.1, -0.05) is 24.3 Å². The third-order valence-electron chi connectivity index (χ3n) is 3.93. The average Bonchev–Trinajstić information content (AvgIpc) is 2.63. The van der Waals surface area contributed by atoms with E-state index in [1.807, 2.05) is 43.3 Å². The van der Waals surface area contributed by atoms with Crippen LogP contribution in [0.25, 0.3) is 10.8 Å². The van der Waals surface area contributed by atoms with Crippen LogP contribution in [-0.2, 0) is 14.3 Å². The summed E-state index contributed by atoms with van der Waals surface area (Å²) in [6.45, 7) is 2.61. The second kappa shape index (κ2) is 9.42. The molecule has 2 N–H and O–H groups in total. The normalized spacial score (nSPS) is 11.8. The molecule has 0 bridgehead atoms. The minimum absolute atomic E-state index is 0.0935. The van der Waals surface area contributed by atoms with Gasteiger partial charge in [0.1, 0.15) is 12.4 Å². The van der Waals surface area contributed by atoms with Crippen LogP contribution in [0.5, 0.6) is 5.75 Å². The van der Waals surface area contributed by atoms with E-state index in [0.717, 1.165) is 38.6 Å². The van der Waals surface area contributed by atoms with Crippen LogP contribution in [0, 0.1) is 0 Å². The Balaban J connectivity index is 1.92. The largest absolute Gasteiger partial charge is 0.497 e. The van der Waals surface area contributed by atoms with Gasteiger partial charge in [0.15, 0.2) is 0 Å². The van der Waals surface area contributed by atoms with Crippen LogP contribution in [0.2, 0.25) is 0 Å². The molecule has 2 rings (SSSR count). The van der Waals surface area contributed by atoms with Gasteiger partial charge in [-0.05, 0) is 35.4 Å². The average molecular weight is 358 g/mol. The fourth-order valence-electron chi connectivity index (χ4n) is 2.46. The molecule has 0 radical (unpaired) electrons. The Morgan fingerprint density at radius 1 is 1.16 bits per heavy atom. The van der Waals surface area contributed by atoms with Crippen molar-refractivity contribution in [2.45, 2.75) is 12.8 Å². The standard InChI is InChI=1S/C18H21N2O4.Al.2H/c1-12(18(22)24-8-7-20-17(21)11-19)13-3-4-15-10-16(23-2)6-5-14(15)9-13;;;/h3-6,9-10,12,19H,7-8,11H2,1-2H3,(H,20,21);;;/q-1;+1;;/t12-;;;/m0.../s1. The Labute approximate surface area is 155 Å². The minimum atomic E-state index is -0.370. The lowest BCUT2D eigenvalue weighted by Crippen LogP contribution is -2.35. The molecule has 0 heterocycles. The maximum Gasteiger partial charge on any atom is 0.319 e. The predicted molar refractivity (Wildman–Crippen MR) is 99.4 cm³/mol. The molecule has 0 unspecified atom stereocenters. The first kappa shape index (κ1) is 19.3. The van der Waals surface area contributed by atoms with E-state index in [1.165, 1.54) is 0 Å². The van der Waals surface area contributed by atoms with Crippen molar-refractivity contribution in [1.29, 1.82) is 0 Å². The Morgan fingerprint density at radius 3 is 2.60 bits per heavy atom. The first-order valence-electron chi connectivity index (χ1n) is 8.20. The molecule has 2 aromatic carbocycles. The van der Waals surface area contributed by atoms with Gasteiger partial charge in [-0.2, -0.15) is 0 Å². The van der Waals surface area contributed by atoms with Gasteiger partial charge >= 0.3 is 22.5 Å². The fraction of sp³-hybridized carbons (Fsp3) is 0.333. The van der Waals surface area contributed by atoms with Gasteiger partial charge < -0.3 is 19.1 Å². The second-order valence-electron chi connectivity index (χ2n) is 5.74. The van der Waals surface area contributed by atoms with Gasteiger partial charge in [0.05, 0.1) is 26.1 Å². The minimum Gasteiger partial charge on any atom is -0.497 e. The van der Waals surface area contributed by atoms with Gasteiger partial charge in [-0.15, -0.1) is 0 Å². The maximum absolute atomic E-state index is 12.2. The van der Waals surface area contributed by atoms with Crippen LogP contribution < -0.4 is 14.4 Å². The topological polar surface area (TPSA) is 76.7 Å². The predicted octanol–water partition coefficient (Wildman–Crippen LogP) is 0.749. The van der Waals surface area contributed by atoms with Crippen molar-refractivity contribution in [3.05, 3.63) is 42.0 Å². The summed E-state index contributed by atoms with van der Waals surface area (Å²) >= 11 is 0.767. The summed E-state index contributed by atoms with van der Waals surface area (Å²) in [5.74, 6) is 0.0353. The van der Waals surface area contributed by atoms with Crippen LogP contribution in [0.4, 0.5) is 0 Å². The molecule has 0 saturated heterocycles. The van der Waals surface area contributed by atoms with Gasteiger partial charge in [0, 0.05) is 0 Å². The third kappa shape index (κ3) is 5.46. The van der Waals surface area contributed by atoms with E-state index < -0.39 is 0 Å². The van der Waals surface area contributed by atoms with Crippen molar-refractivity contribution in [1.82, 2.24) is 9.62 Å². The number of amides is 1. The third-order valence-corrected chi connectivity index (χ3v) is 4.28. The highest BCUT2D eigenvalue weighted by molar-refractivity contribution is 6.06. The zero-order valence-corrected chi connectivity index (χ0v) is 16.8. The quantitative estimate of drug-likeness (QED) is 0.414. The SMILES string of the molecule is COc1ccc2cc([C@H](C)C(=O)OCCNC(=O)C[NH][AlH2])ccc2c1. The van der Waals surface area contributed by atoms with Crippen molar-refractivity contribution >= 4 is 39.2 Å². The summed E-state index contributed by atoms with van der Waals surface area (Å²) < 4.78 is 13.4. The smallest absolute Gasteiger partial charge is 0.319 e. The van der Waals surface area contributed by atoms with E-state index in [0.29, 0.717) is 13.1 Å². The zero-order chi connectivity index (χ0) is 18.2. The zero-order valence-electron chi connectivity index (χ0n) is 14.8. The van der Waals surface area contributed by atoms with Crippen LogP contribution in [0.3, 0.4) is 0 Å². The molecule has 6 nitrogen and oxygen atoms in total. The molecule has 0 aliphatic rings. The van der Waals surface area contributed by atoms with E-state index >= 15 is 0 Å². The van der Waals surface area contributed by atoms with Crippen LogP contribution in [0.1, 0.15) is 18.4 Å². The Kier molecular flexibility index (Phi) is 7.26. The monoisotopic (exact) mass is 358 g/mol. The first-order chi connectivity index (χ1) is 12.0. The van der Waals surface area contributed by atoms with Crippen molar-refractivity contribution in [2.24, 2.45) is 0 Å². The summed E-state index contributed by atoms with van der Waals surface area (Å²) in [7, 11) is 1.64. The van der Waals surface area contributed by atoms with E-state index in [9.17, 15) is 9.59 Å². The second-order valence-corrected chi connectivity index (χ2v) is 6.45. The molecule has 0 saturated carbocycles. The molecule has 0 spiro atoms. The van der Waals surface area contributed by atoms with E-state index in [-0.39, 0.29) is 24.4 Å². The number of carbonyl (C=O) groups excluding carboxylic acids is 2. The van der Waals surface area contributed by atoms with Crippen LogP contribution >= 0.6 is 0 Å². The van der Waals surface area contributed by atoms with Gasteiger partial charge in [0.25, 0.3) is 0 Å². The summed E-state index contributed by atoms with van der Waals surface area (Å²) in [5.41, 5.74) is 0.895. The number of methoxy groups -OCH3 is 1. The molecule has 2 aromatic rings. The fourth-order valence-corrected chi connectivity index (χ4v) is 2.79. The van der Waals surface area contributed by atoms with E-state index in [1.54, 1.807) is 7.11 Å². The number of ether oxygens (including phenoxy) is 2. The van der Waals surface area contributed by atoms with Crippen molar-refractivity contribution in [3.8, 4) is 5.75 Å². The highest BCUT2D eigenvalue weighted by atomic mass is 27.1. The van der Waals surface area contributed by atoms with E-state index in [2.05, 4.69) is 9.62 Å². The van der Waals surface area contributed by atoms with Crippen LogP contribution in [-0.4, -0.2) is 55.2 Å². The maximum atomic E-state index is 12.2. The summed E-state index contributed by atoms with van der Waals surface area (Å²) in [5, 5.41) is 4.78. The molecule has 0 aliphatic carbocycles. The molecule has 0 fully saturated rings. The summed E-state index contributed by atoms with van der Waals surface area (Å²) in [6, 6.07) is 11.7. The lowest BCUT2D eigenvalue weighted by atomic mass is 9.98. The number of nitrogens with one attached hydrogen (secondary N) is 2. The van der Waals surface area contributed by atoms with Gasteiger partial charge in [-0.25, -0.2) is 0 Å². The van der Waals surface area contributed by atoms with Gasteiger partial charge in [-0.3, -0.25) is 9.59 Å². The molecule has 25 heavy (non-hydrogen) atoms. The molecular formula is C18H23AlN2O4. The highest BCUT2D eigenvalue weighted by Crippen LogP contribution is 2.25. The number of carbonyl (C=O) groups is 2. The molecule has 1 atom stereocenters. The number of benzene rings is 2. The van der Waals surface area contributed by atoms with Crippen LogP contribution in [0.15, 0.2) is 36.4 Å². The van der Waals surface area contributed by atoms with Gasteiger partial charge in [0.2, 0.25) is 5.91 Å². The van der Waals surface area contributed by atoms with Crippen molar-refractivity contribution in [3.63, 3.8) is 0 Å². The lowest BCUT2D eigenvalue weighted by molar-refractivity contribution is -0.145. The number of rotatable bonds is 8. The summed E-state index contributed by atoms with van der Waals surface area (Å²) in [6.07, 6.45) is 0. The Bertz CT molecular complexity index is 751. The van der Waals surface area contributed by atoms with E-state index in [4.69, 9.17) is 9.47 Å². The number of esters is 1. The molecule has 7 heteroatoms. The first-order valence-corrected chi connectivity index (χ1v) is 9.20. The molecule has 1 amide bonds. The lowest BCUT2D eigenvalue weighted by Gasteiger charge is -2.13. The van der Waals surface area contributed by atoms with Crippen molar-refractivity contribution in [2.75, 3.05) is 26.8 Å². The molecule has 0 aromatic heterocycles.